The first-order valence-electron chi connectivity index (χ1n) is 7.13. The number of ether oxygens (including phenoxy) is 2. The lowest BCUT2D eigenvalue weighted by atomic mass is 10.2. The van der Waals surface area contributed by atoms with Gasteiger partial charge in [0.25, 0.3) is 0 Å². The summed E-state index contributed by atoms with van der Waals surface area (Å²) < 4.78 is 11.2. The van der Waals surface area contributed by atoms with Gasteiger partial charge in [-0.3, -0.25) is 4.90 Å². The summed E-state index contributed by atoms with van der Waals surface area (Å²) in [5.41, 5.74) is 5.76. The number of benzene rings is 1. The number of rotatable bonds is 7. The Kier molecular flexibility index (Phi) is 7.73. The van der Waals surface area contributed by atoms with Gasteiger partial charge in [-0.2, -0.15) is 0 Å². The molecule has 1 fully saturated rings. The molecule has 0 amide bonds. The molecular weight excluding hydrogens is 276 g/mol. The highest BCUT2D eigenvalue weighted by Crippen LogP contribution is 2.18. The zero-order valence-electron chi connectivity index (χ0n) is 12.1. The molecule has 1 saturated heterocycles. The van der Waals surface area contributed by atoms with Crippen molar-refractivity contribution in [3.8, 4) is 11.5 Å². The summed E-state index contributed by atoms with van der Waals surface area (Å²) in [6, 6.07) is 8.34. The molecule has 114 valence electrons. The molecule has 1 aromatic rings. The first kappa shape index (κ1) is 17.1. The second-order valence-corrected chi connectivity index (χ2v) is 4.82. The molecule has 20 heavy (non-hydrogen) atoms. The first-order chi connectivity index (χ1) is 9.33. The fraction of sp³-hybridized carbons (Fsp3) is 0.600. The Morgan fingerprint density at radius 3 is 2.45 bits per heavy atom. The second kappa shape index (κ2) is 9.06. The largest absolute Gasteiger partial charge is 0.494 e. The van der Waals surface area contributed by atoms with E-state index in [0.717, 1.165) is 31.1 Å². The van der Waals surface area contributed by atoms with E-state index < -0.39 is 0 Å². The fourth-order valence-electron chi connectivity index (χ4n) is 2.54. The van der Waals surface area contributed by atoms with E-state index in [9.17, 15) is 0 Å². The van der Waals surface area contributed by atoms with Gasteiger partial charge in [-0.25, -0.2) is 0 Å². The third-order valence-corrected chi connectivity index (χ3v) is 3.55. The molecule has 1 heterocycles. The Morgan fingerprint density at radius 2 is 1.85 bits per heavy atom. The van der Waals surface area contributed by atoms with E-state index in [0.29, 0.717) is 19.3 Å². The van der Waals surface area contributed by atoms with E-state index in [4.69, 9.17) is 15.2 Å². The van der Waals surface area contributed by atoms with Crippen molar-refractivity contribution < 1.29 is 9.47 Å². The Morgan fingerprint density at radius 1 is 1.20 bits per heavy atom. The molecule has 2 N–H and O–H groups in total. The molecule has 4 nitrogen and oxygen atoms in total. The van der Waals surface area contributed by atoms with E-state index in [1.165, 1.54) is 12.8 Å². The fourth-order valence-corrected chi connectivity index (χ4v) is 2.54. The maximum atomic E-state index is 5.76. The molecule has 0 bridgehead atoms. The predicted octanol–water partition coefficient (Wildman–Crippen LogP) is 2.31. The van der Waals surface area contributed by atoms with Crippen LogP contribution in [0.2, 0.25) is 0 Å². The molecule has 0 aliphatic carbocycles. The van der Waals surface area contributed by atoms with Crippen molar-refractivity contribution in [2.75, 3.05) is 32.8 Å². The molecule has 0 spiro atoms. The van der Waals surface area contributed by atoms with Gasteiger partial charge in [0.15, 0.2) is 0 Å². The van der Waals surface area contributed by atoms with E-state index in [-0.39, 0.29) is 12.4 Å². The van der Waals surface area contributed by atoms with Gasteiger partial charge in [0.1, 0.15) is 18.1 Å². The summed E-state index contributed by atoms with van der Waals surface area (Å²) in [6.07, 6.45) is 2.48. The quantitative estimate of drug-likeness (QED) is 0.839. The van der Waals surface area contributed by atoms with Gasteiger partial charge in [-0.1, -0.05) is 0 Å². The average Bonchev–Trinajstić information content (AvgIpc) is 2.88. The van der Waals surface area contributed by atoms with Crippen LogP contribution >= 0.6 is 12.4 Å². The average molecular weight is 301 g/mol. The van der Waals surface area contributed by atoms with E-state index >= 15 is 0 Å². The highest BCUT2D eigenvalue weighted by atomic mass is 35.5. The van der Waals surface area contributed by atoms with Crippen LogP contribution in [0.15, 0.2) is 24.3 Å². The molecular formula is C15H25ClN2O2. The summed E-state index contributed by atoms with van der Waals surface area (Å²) in [5.74, 6) is 1.78. The summed E-state index contributed by atoms with van der Waals surface area (Å²) in [6.45, 7) is 6.24. The Bertz CT molecular complexity index is 373. The normalized spacial score (nSPS) is 18.6. The molecule has 1 aliphatic rings. The van der Waals surface area contributed by atoms with Gasteiger partial charge >= 0.3 is 0 Å². The smallest absolute Gasteiger partial charge is 0.119 e. The Hall–Kier alpha value is -0.970. The van der Waals surface area contributed by atoms with Crippen LogP contribution in [0, 0.1) is 0 Å². The molecule has 1 unspecified atom stereocenters. The zero-order chi connectivity index (χ0) is 13.5. The Balaban J connectivity index is 0.00000200. The van der Waals surface area contributed by atoms with Crippen LogP contribution in [0.5, 0.6) is 11.5 Å². The van der Waals surface area contributed by atoms with Crippen LogP contribution in [-0.4, -0.2) is 43.8 Å². The minimum Gasteiger partial charge on any atom is -0.494 e. The SMILES string of the molecule is CCOc1ccc(OCCN2CCCC2CN)cc1.Cl. The molecule has 2 rings (SSSR count). The van der Waals surface area contributed by atoms with Gasteiger partial charge in [0.05, 0.1) is 6.61 Å². The third kappa shape index (κ3) is 4.85. The summed E-state index contributed by atoms with van der Waals surface area (Å²) in [7, 11) is 0. The van der Waals surface area contributed by atoms with Crippen molar-refractivity contribution in [2.45, 2.75) is 25.8 Å². The first-order valence-corrected chi connectivity index (χ1v) is 7.13. The number of halogens is 1. The van der Waals surface area contributed by atoms with E-state index in [2.05, 4.69) is 4.90 Å². The molecule has 0 radical (unpaired) electrons. The molecule has 0 saturated carbocycles. The number of nitrogens with zero attached hydrogens (tertiary/aromatic N) is 1. The van der Waals surface area contributed by atoms with Crippen LogP contribution in [0.25, 0.3) is 0 Å². The van der Waals surface area contributed by atoms with Crippen LogP contribution in [0.3, 0.4) is 0 Å². The van der Waals surface area contributed by atoms with Crippen LogP contribution in [0.1, 0.15) is 19.8 Å². The van der Waals surface area contributed by atoms with E-state index in [1.54, 1.807) is 0 Å². The molecule has 1 aliphatic heterocycles. The van der Waals surface area contributed by atoms with Gasteiger partial charge in [-0.15, -0.1) is 12.4 Å². The predicted molar refractivity (Wildman–Crippen MR) is 84.0 cm³/mol. The molecule has 1 atom stereocenters. The van der Waals surface area contributed by atoms with Gasteiger partial charge in [-0.05, 0) is 50.6 Å². The van der Waals surface area contributed by atoms with Crippen molar-refractivity contribution >= 4 is 12.4 Å². The molecule has 0 aromatic heterocycles. The van der Waals surface area contributed by atoms with Crippen molar-refractivity contribution in [1.82, 2.24) is 4.90 Å². The standard InChI is InChI=1S/C15H24N2O2.ClH/c1-2-18-14-5-7-15(8-6-14)19-11-10-17-9-3-4-13(17)12-16;/h5-8,13H,2-4,9-12,16H2,1H3;1H. The molecule has 5 heteroatoms. The minimum absolute atomic E-state index is 0. The summed E-state index contributed by atoms with van der Waals surface area (Å²) >= 11 is 0. The minimum atomic E-state index is 0. The van der Waals surface area contributed by atoms with Crippen molar-refractivity contribution in [2.24, 2.45) is 5.73 Å². The Labute approximate surface area is 127 Å². The van der Waals surface area contributed by atoms with Gasteiger partial charge < -0.3 is 15.2 Å². The molecule has 1 aromatic carbocycles. The van der Waals surface area contributed by atoms with Gasteiger partial charge in [0, 0.05) is 19.1 Å². The maximum absolute atomic E-state index is 5.76. The van der Waals surface area contributed by atoms with Crippen molar-refractivity contribution in [3.05, 3.63) is 24.3 Å². The van der Waals surface area contributed by atoms with E-state index in [1.807, 2.05) is 31.2 Å². The van der Waals surface area contributed by atoms with Crippen LogP contribution in [-0.2, 0) is 0 Å². The lowest BCUT2D eigenvalue weighted by Crippen LogP contribution is -2.37. The maximum Gasteiger partial charge on any atom is 0.119 e. The number of likely N-dealkylation sites (tertiary alicyclic amines) is 1. The van der Waals surface area contributed by atoms with Gasteiger partial charge in [0.2, 0.25) is 0 Å². The van der Waals surface area contributed by atoms with Crippen LogP contribution < -0.4 is 15.2 Å². The number of hydrogen-bond acceptors (Lipinski definition) is 4. The third-order valence-electron chi connectivity index (χ3n) is 3.55. The lowest BCUT2D eigenvalue weighted by Gasteiger charge is -2.22. The zero-order valence-corrected chi connectivity index (χ0v) is 12.9. The van der Waals surface area contributed by atoms with Crippen molar-refractivity contribution in [1.29, 1.82) is 0 Å². The number of hydrogen-bond donors (Lipinski definition) is 1. The van der Waals surface area contributed by atoms with Crippen LogP contribution in [0.4, 0.5) is 0 Å². The number of nitrogens with two attached hydrogens (primary N) is 1. The summed E-state index contributed by atoms with van der Waals surface area (Å²) in [5, 5.41) is 0. The second-order valence-electron chi connectivity index (χ2n) is 4.82. The highest BCUT2D eigenvalue weighted by molar-refractivity contribution is 5.85. The van der Waals surface area contributed by atoms with Crippen molar-refractivity contribution in [3.63, 3.8) is 0 Å². The topological polar surface area (TPSA) is 47.7 Å². The summed E-state index contributed by atoms with van der Waals surface area (Å²) in [4.78, 5) is 2.43. The highest BCUT2D eigenvalue weighted by Gasteiger charge is 2.22. The monoisotopic (exact) mass is 300 g/mol. The lowest BCUT2D eigenvalue weighted by molar-refractivity contribution is 0.199.